The van der Waals surface area contributed by atoms with Gasteiger partial charge in [-0.25, -0.2) is 9.78 Å². The summed E-state index contributed by atoms with van der Waals surface area (Å²) in [5, 5.41) is 0.605. The Labute approximate surface area is 166 Å². The number of nitrogens with zero attached hydrogens (tertiary/aromatic N) is 3. The molecule has 0 amide bonds. The minimum Gasteiger partial charge on any atom is -0.287 e. The first kappa shape index (κ1) is 18.2. The highest BCUT2D eigenvalue weighted by atomic mass is 35.5. The van der Waals surface area contributed by atoms with Crippen LogP contribution in [0.4, 0.5) is 0 Å². The summed E-state index contributed by atoms with van der Waals surface area (Å²) in [4.78, 5) is 30.5. The molecule has 0 atom stereocenters. The second-order valence-corrected chi connectivity index (χ2v) is 7.12. The molecule has 5 nitrogen and oxygen atoms in total. The van der Waals surface area contributed by atoms with Crippen molar-refractivity contribution < 1.29 is 0 Å². The van der Waals surface area contributed by atoms with Crippen molar-refractivity contribution in [3.63, 3.8) is 0 Å². The fourth-order valence-corrected chi connectivity index (χ4v) is 3.39. The van der Waals surface area contributed by atoms with Crippen LogP contribution in [0.25, 0.3) is 11.0 Å². The van der Waals surface area contributed by atoms with Gasteiger partial charge in [0.25, 0.3) is 5.56 Å². The molecule has 0 aliphatic heterocycles. The number of hydrogen-bond acceptors (Lipinski definition) is 3. The first-order valence-corrected chi connectivity index (χ1v) is 9.30. The van der Waals surface area contributed by atoms with Crippen LogP contribution >= 0.6 is 11.6 Å². The van der Waals surface area contributed by atoms with Crippen molar-refractivity contribution in [1.29, 1.82) is 0 Å². The minimum atomic E-state index is -0.392. The third-order valence-electron chi connectivity index (χ3n) is 4.83. The molecule has 0 radical (unpaired) electrons. The average molecular weight is 392 g/mol. The van der Waals surface area contributed by atoms with Crippen LogP contribution in [-0.4, -0.2) is 14.1 Å². The molecule has 140 valence electrons. The van der Waals surface area contributed by atoms with Gasteiger partial charge in [-0.3, -0.25) is 13.9 Å². The highest BCUT2D eigenvalue weighted by Crippen LogP contribution is 2.13. The lowest BCUT2D eigenvalue weighted by Gasteiger charge is -2.15. The van der Waals surface area contributed by atoms with Gasteiger partial charge < -0.3 is 0 Å². The van der Waals surface area contributed by atoms with Gasteiger partial charge in [0.05, 0.1) is 18.6 Å². The SMILES string of the molecule is Cc1ccccc1Cn1c(=O)n(Cc2ccc(Cl)cc2)c(=O)c2ncccc21. The van der Waals surface area contributed by atoms with E-state index in [2.05, 4.69) is 4.98 Å². The highest BCUT2D eigenvalue weighted by Gasteiger charge is 2.15. The topological polar surface area (TPSA) is 56.9 Å². The lowest BCUT2D eigenvalue weighted by molar-refractivity contribution is 0.632. The molecule has 2 aromatic heterocycles. The van der Waals surface area contributed by atoms with Gasteiger partial charge in [-0.05, 0) is 47.9 Å². The number of benzene rings is 2. The number of rotatable bonds is 4. The van der Waals surface area contributed by atoms with E-state index < -0.39 is 5.56 Å². The van der Waals surface area contributed by atoms with E-state index in [1.54, 1.807) is 35.0 Å². The smallest absolute Gasteiger partial charge is 0.287 e. The Kier molecular flexibility index (Phi) is 4.84. The molecule has 4 aromatic rings. The van der Waals surface area contributed by atoms with Gasteiger partial charge in [0.1, 0.15) is 0 Å². The van der Waals surface area contributed by atoms with E-state index >= 15 is 0 Å². The van der Waals surface area contributed by atoms with E-state index in [9.17, 15) is 9.59 Å². The molecule has 0 bridgehead atoms. The summed E-state index contributed by atoms with van der Waals surface area (Å²) in [7, 11) is 0. The first-order valence-electron chi connectivity index (χ1n) is 8.92. The molecule has 0 N–H and O–H groups in total. The Hall–Kier alpha value is -3.18. The molecule has 2 heterocycles. The van der Waals surface area contributed by atoms with Gasteiger partial charge in [-0.15, -0.1) is 0 Å². The summed E-state index contributed by atoms with van der Waals surface area (Å²) in [6.07, 6.45) is 1.57. The normalized spacial score (nSPS) is 11.1. The Morgan fingerprint density at radius 1 is 0.893 bits per heavy atom. The lowest BCUT2D eigenvalue weighted by atomic mass is 10.1. The van der Waals surface area contributed by atoms with Gasteiger partial charge in [0.15, 0.2) is 5.52 Å². The van der Waals surface area contributed by atoms with E-state index in [1.165, 1.54) is 4.57 Å². The van der Waals surface area contributed by atoms with Crippen molar-refractivity contribution in [2.75, 3.05) is 0 Å². The van der Waals surface area contributed by atoms with Crippen LogP contribution in [0.15, 0.2) is 76.4 Å². The largest absolute Gasteiger partial charge is 0.332 e. The van der Waals surface area contributed by atoms with Crippen molar-refractivity contribution in [2.24, 2.45) is 0 Å². The summed E-state index contributed by atoms with van der Waals surface area (Å²) in [5.74, 6) is 0. The molecule has 4 rings (SSSR count). The third kappa shape index (κ3) is 3.37. The summed E-state index contributed by atoms with van der Waals surface area (Å²) < 4.78 is 2.85. The molecule has 0 aliphatic rings. The van der Waals surface area contributed by atoms with Crippen molar-refractivity contribution in [1.82, 2.24) is 14.1 Å². The minimum absolute atomic E-state index is 0.162. The maximum Gasteiger partial charge on any atom is 0.332 e. The summed E-state index contributed by atoms with van der Waals surface area (Å²) in [5.41, 5.74) is 2.99. The van der Waals surface area contributed by atoms with Crippen molar-refractivity contribution in [2.45, 2.75) is 20.0 Å². The van der Waals surface area contributed by atoms with Crippen LogP contribution in [0.2, 0.25) is 5.02 Å². The molecular formula is C22H18ClN3O2. The molecular weight excluding hydrogens is 374 g/mol. The fourth-order valence-electron chi connectivity index (χ4n) is 3.27. The summed E-state index contributed by atoms with van der Waals surface area (Å²) in [6, 6.07) is 18.5. The van der Waals surface area contributed by atoms with Crippen LogP contribution < -0.4 is 11.2 Å². The number of hydrogen-bond donors (Lipinski definition) is 0. The molecule has 2 aromatic carbocycles. The van der Waals surface area contributed by atoms with Gasteiger partial charge in [-0.2, -0.15) is 0 Å². The molecule has 0 spiro atoms. The first-order chi connectivity index (χ1) is 13.5. The van der Waals surface area contributed by atoms with Crippen LogP contribution in [0.3, 0.4) is 0 Å². The second kappa shape index (κ2) is 7.44. The predicted octanol–water partition coefficient (Wildman–Crippen LogP) is 3.62. The number of pyridine rings is 1. The summed E-state index contributed by atoms with van der Waals surface area (Å²) in [6.45, 7) is 2.54. The van der Waals surface area contributed by atoms with Crippen LogP contribution in [0.5, 0.6) is 0 Å². The van der Waals surface area contributed by atoms with Gasteiger partial charge >= 0.3 is 5.69 Å². The quantitative estimate of drug-likeness (QED) is 0.534. The zero-order valence-electron chi connectivity index (χ0n) is 15.3. The van der Waals surface area contributed by atoms with Crippen LogP contribution in [0.1, 0.15) is 16.7 Å². The van der Waals surface area contributed by atoms with E-state index in [1.807, 2.05) is 43.3 Å². The maximum absolute atomic E-state index is 13.3. The molecule has 0 aliphatic carbocycles. The summed E-state index contributed by atoms with van der Waals surface area (Å²) >= 11 is 5.94. The van der Waals surface area contributed by atoms with Crippen LogP contribution in [-0.2, 0) is 13.1 Å². The number of halogens is 1. The Morgan fingerprint density at radius 2 is 1.64 bits per heavy atom. The van der Waals surface area contributed by atoms with Gasteiger partial charge in [-0.1, -0.05) is 48.0 Å². The number of aryl methyl sites for hydroxylation is 1. The zero-order valence-corrected chi connectivity index (χ0v) is 16.1. The maximum atomic E-state index is 13.3. The average Bonchev–Trinajstić information content (AvgIpc) is 2.71. The third-order valence-corrected chi connectivity index (χ3v) is 5.08. The monoisotopic (exact) mass is 391 g/mol. The van der Waals surface area contributed by atoms with E-state index in [4.69, 9.17) is 11.6 Å². The van der Waals surface area contributed by atoms with Gasteiger partial charge in [0, 0.05) is 11.2 Å². The standard InChI is InChI=1S/C22H18ClN3O2/c1-15-5-2-3-6-17(15)14-25-19-7-4-12-24-20(19)21(27)26(22(25)28)13-16-8-10-18(23)11-9-16/h2-12H,13-14H2,1H3. The van der Waals surface area contributed by atoms with Crippen LogP contribution in [0, 0.1) is 6.92 Å². The molecule has 0 unspecified atom stereocenters. The number of aromatic nitrogens is 3. The predicted molar refractivity (Wildman–Crippen MR) is 111 cm³/mol. The lowest BCUT2D eigenvalue weighted by Crippen LogP contribution is -2.41. The highest BCUT2D eigenvalue weighted by molar-refractivity contribution is 6.30. The molecule has 28 heavy (non-hydrogen) atoms. The fraction of sp³-hybridized carbons (Fsp3) is 0.136. The van der Waals surface area contributed by atoms with E-state index in [-0.39, 0.29) is 17.8 Å². The van der Waals surface area contributed by atoms with Crippen molar-refractivity contribution >= 4 is 22.6 Å². The molecule has 6 heteroatoms. The van der Waals surface area contributed by atoms with Crippen molar-refractivity contribution in [3.8, 4) is 0 Å². The Morgan fingerprint density at radius 3 is 2.39 bits per heavy atom. The Balaban J connectivity index is 1.91. The van der Waals surface area contributed by atoms with Crippen molar-refractivity contribution in [3.05, 3.63) is 109 Å². The molecule has 0 saturated carbocycles. The zero-order chi connectivity index (χ0) is 19.7. The molecule has 0 saturated heterocycles. The van der Waals surface area contributed by atoms with Gasteiger partial charge in [0.2, 0.25) is 0 Å². The second-order valence-electron chi connectivity index (χ2n) is 6.68. The van der Waals surface area contributed by atoms with E-state index in [0.29, 0.717) is 17.1 Å². The molecule has 0 fully saturated rings. The number of fused-ring (bicyclic) bond motifs is 1. The van der Waals surface area contributed by atoms with E-state index in [0.717, 1.165) is 16.7 Å². The Bertz CT molecular complexity index is 1270.